The molecule has 0 saturated carbocycles. The van der Waals surface area contributed by atoms with Crippen LogP contribution in [0.2, 0.25) is 0 Å². The molecule has 0 aliphatic heterocycles. The van der Waals surface area contributed by atoms with Gasteiger partial charge in [0.1, 0.15) is 11.8 Å². The van der Waals surface area contributed by atoms with E-state index in [2.05, 4.69) is 15.6 Å². The number of carbonyl (C=O) groups excluding carboxylic acids is 2. The van der Waals surface area contributed by atoms with Crippen LogP contribution in [0.4, 0.5) is 0 Å². The molecular formula is C20H26BN3O6. The number of hydrogen-bond donors (Lipinski definition) is 4. The predicted molar refractivity (Wildman–Crippen MR) is 111 cm³/mol. The molecule has 0 bridgehead atoms. The summed E-state index contributed by atoms with van der Waals surface area (Å²) in [7, 11) is -0.403. The molecule has 2 atom stereocenters. The third-order valence-electron chi connectivity index (χ3n) is 4.26. The fourth-order valence-electron chi connectivity index (χ4n) is 2.59. The Morgan fingerprint density at radius 2 is 1.87 bits per heavy atom. The summed E-state index contributed by atoms with van der Waals surface area (Å²) < 4.78 is 10.6. The van der Waals surface area contributed by atoms with E-state index in [1.165, 1.54) is 13.3 Å². The van der Waals surface area contributed by atoms with Gasteiger partial charge in [0.15, 0.2) is 0 Å². The average molecular weight is 415 g/mol. The Labute approximate surface area is 175 Å². The fourth-order valence-corrected chi connectivity index (χ4v) is 2.59. The summed E-state index contributed by atoms with van der Waals surface area (Å²) in [4.78, 5) is 29.1. The van der Waals surface area contributed by atoms with Crippen molar-refractivity contribution in [3.63, 3.8) is 0 Å². The van der Waals surface area contributed by atoms with E-state index >= 15 is 0 Å². The molecule has 0 spiro atoms. The first-order valence-corrected chi connectivity index (χ1v) is 9.47. The van der Waals surface area contributed by atoms with Gasteiger partial charge in [0, 0.05) is 25.4 Å². The molecule has 2 amide bonds. The van der Waals surface area contributed by atoms with E-state index in [4.69, 9.17) is 9.47 Å². The number of methoxy groups -OCH3 is 1. The van der Waals surface area contributed by atoms with Gasteiger partial charge in [-0.25, -0.2) is 0 Å². The molecule has 30 heavy (non-hydrogen) atoms. The SMILES string of the molecule is COCC(NC(=O)c1ccc(C)nc1)C(=O)NC(CCOc1ccccc1)B(O)O. The molecule has 0 aliphatic carbocycles. The van der Waals surface area contributed by atoms with Crippen molar-refractivity contribution >= 4 is 18.9 Å². The molecule has 0 fully saturated rings. The summed E-state index contributed by atoms with van der Waals surface area (Å²) >= 11 is 0. The minimum Gasteiger partial charge on any atom is -0.494 e. The summed E-state index contributed by atoms with van der Waals surface area (Å²) in [6, 6.07) is 11.3. The minimum absolute atomic E-state index is 0.0916. The zero-order valence-electron chi connectivity index (χ0n) is 16.9. The molecule has 1 heterocycles. The van der Waals surface area contributed by atoms with E-state index in [-0.39, 0.29) is 19.6 Å². The van der Waals surface area contributed by atoms with E-state index in [1.54, 1.807) is 31.2 Å². The smallest absolute Gasteiger partial charge is 0.475 e. The number of hydrogen-bond acceptors (Lipinski definition) is 7. The maximum atomic E-state index is 12.6. The molecule has 160 valence electrons. The highest BCUT2D eigenvalue weighted by atomic mass is 16.5. The molecule has 1 aromatic heterocycles. The van der Waals surface area contributed by atoms with Gasteiger partial charge in [-0.1, -0.05) is 18.2 Å². The van der Waals surface area contributed by atoms with Crippen molar-refractivity contribution in [1.29, 1.82) is 0 Å². The molecule has 4 N–H and O–H groups in total. The van der Waals surface area contributed by atoms with Crippen molar-refractivity contribution in [3.8, 4) is 5.75 Å². The van der Waals surface area contributed by atoms with Crippen LogP contribution in [0.5, 0.6) is 5.75 Å². The lowest BCUT2D eigenvalue weighted by Crippen LogP contribution is -2.55. The number of nitrogens with one attached hydrogen (secondary N) is 2. The molecule has 2 rings (SSSR count). The van der Waals surface area contributed by atoms with Crippen LogP contribution in [0.1, 0.15) is 22.5 Å². The highest BCUT2D eigenvalue weighted by molar-refractivity contribution is 6.43. The Balaban J connectivity index is 1.94. The van der Waals surface area contributed by atoms with Crippen LogP contribution in [-0.2, 0) is 9.53 Å². The van der Waals surface area contributed by atoms with Crippen molar-refractivity contribution in [2.45, 2.75) is 25.3 Å². The van der Waals surface area contributed by atoms with Crippen molar-refractivity contribution in [1.82, 2.24) is 15.6 Å². The summed E-state index contributed by atoms with van der Waals surface area (Å²) in [6.45, 7) is 1.86. The number of nitrogens with zero attached hydrogens (tertiary/aromatic N) is 1. The quantitative estimate of drug-likeness (QED) is 0.383. The van der Waals surface area contributed by atoms with Crippen molar-refractivity contribution in [2.75, 3.05) is 20.3 Å². The van der Waals surface area contributed by atoms with Gasteiger partial charge in [-0.05, 0) is 31.2 Å². The Morgan fingerprint density at radius 1 is 1.13 bits per heavy atom. The molecule has 0 saturated heterocycles. The molecule has 1 aromatic carbocycles. The standard InChI is InChI=1S/C20H26BN3O6/c1-14-8-9-15(12-22-14)19(25)23-17(13-29-2)20(26)24-18(21(27)28)10-11-30-16-6-4-3-5-7-16/h3-9,12,17-18,27-28H,10-11,13H2,1-2H3,(H,23,25)(H,24,26). The first-order valence-electron chi connectivity index (χ1n) is 9.47. The highest BCUT2D eigenvalue weighted by Gasteiger charge is 2.29. The predicted octanol–water partition coefficient (Wildman–Crippen LogP) is 0.101. The van der Waals surface area contributed by atoms with Gasteiger partial charge in [-0.3, -0.25) is 14.6 Å². The zero-order valence-corrected chi connectivity index (χ0v) is 16.9. The molecule has 10 heteroatoms. The van der Waals surface area contributed by atoms with Gasteiger partial charge >= 0.3 is 7.12 Å². The van der Waals surface area contributed by atoms with Gasteiger partial charge in [0.2, 0.25) is 5.91 Å². The largest absolute Gasteiger partial charge is 0.494 e. The minimum atomic E-state index is -1.80. The number of amides is 2. The van der Waals surface area contributed by atoms with E-state index in [0.717, 1.165) is 5.69 Å². The third kappa shape index (κ3) is 7.47. The van der Waals surface area contributed by atoms with Crippen molar-refractivity contribution in [3.05, 3.63) is 59.9 Å². The highest BCUT2D eigenvalue weighted by Crippen LogP contribution is 2.09. The average Bonchev–Trinajstić information content (AvgIpc) is 2.73. The van der Waals surface area contributed by atoms with Gasteiger partial charge in [-0.15, -0.1) is 0 Å². The van der Waals surface area contributed by atoms with E-state index in [1.807, 2.05) is 18.2 Å². The molecule has 2 unspecified atom stereocenters. The summed E-state index contributed by atoms with van der Waals surface area (Å²) in [5, 5.41) is 24.3. The fraction of sp³-hybridized carbons (Fsp3) is 0.350. The van der Waals surface area contributed by atoms with Crippen molar-refractivity contribution in [2.24, 2.45) is 0 Å². The number of rotatable bonds is 11. The van der Waals surface area contributed by atoms with Crippen LogP contribution in [0.15, 0.2) is 48.7 Å². The lowest BCUT2D eigenvalue weighted by molar-refractivity contribution is -0.124. The van der Waals surface area contributed by atoms with Crippen LogP contribution in [0, 0.1) is 6.92 Å². The molecule has 0 aliphatic rings. The first-order chi connectivity index (χ1) is 14.4. The number of ether oxygens (including phenoxy) is 2. The Kier molecular flexibility index (Phi) is 9.27. The monoisotopic (exact) mass is 415 g/mol. The molecule has 9 nitrogen and oxygen atoms in total. The van der Waals surface area contributed by atoms with Crippen LogP contribution >= 0.6 is 0 Å². The summed E-state index contributed by atoms with van der Waals surface area (Å²) in [6.07, 6.45) is 1.56. The Hall–Kier alpha value is -2.95. The number of pyridine rings is 1. The summed E-state index contributed by atoms with van der Waals surface area (Å²) in [5.74, 6) is -1.46. The van der Waals surface area contributed by atoms with E-state index in [9.17, 15) is 19.6 Å². The van der Waals surface area contributed by atoms with Gasteiger partial charge in [-0.2, -0.15) is 0 Å². The van der Waals surface area contributed by atoms with E-state index in [0.29, 0.717) is 11.3 Å². The maximum absolute atomic E-state index is 12.6. The van der Waals surface area contributed by atoms with E-state index < -0.39 is 30.9 Å². The van der Waals surface area contributed by atoms with Crippen LogP contribution in [-0.4, -0.2) is 66.3 Å². The summed E-state index contributed by atoms with van der Waals surface area (Å²) in [5.41, 5.74) is 1.06. The lowest BCUT2D eigenvalue weighted by Gasteiger charge is -2.23. The number of benzene rings is 1. The lowest BCUT2D eigenvalue weighted by atomic mass is 9.77. The number of aryl methyl sites for hydroxylation is 1. The first kappa shape index (κ1) is 23.3. The van der Waals surface area contributed by atoms with Crippen LogP contribution < -0.4 is 15.4 Å². The second-order valence-electron chi connectivity index (χ2n) is 6.65. The van der Waals surface area contributed by atoms with Gasteiger partial charge < -0.3 is 30.2 Å². The number of aromatic nitrogens is 1. The second kappa shape index (κ2) is 11.9. The third-order valence-corrected chi connectivity index (χ3v) is 4.26. The van der Waals surface area contributed by atoms with Gasteiger partial charge in [0.05, 0.1) is 24.7 Å². The molecule has 0 radical (unpaired) electrons. The van der Waals surface area contributed by atoms with Crippen LogP contribution in [0.25, 0.3) is 0 Å². The zero-order chi connectivity index (χ0) is 21.9. The van der Waals surface area contributed by atoms with Crippen molar-refractivity contribution < 1.29 is 29.1 Å². The Morgan fingerprint density at radius 3 is 2.47 bits per heavy atom. The molecule has 2 aromatic rings. The topological polar surface area (TPSA) is 130 Å². The number of para-hydroxylation sites is 1. The van der Waals surface area contributed by atoms with Crippen LogP contribution in [0.3, 0.4) is 0 Å². The number of carbonyl (C=O) groups is 2. The second-order valence-corrected chi connectivity index (χ2v) is 6.65. The molecular weight excluding hydrogens is 389 g/mol. The Bertz CT molecular complexity index is 804. The normalized spacial score (nSPS) is 12.5. The van der Waals surface area contributed by atoms with Gasteiger partial charge in [0.25, 0.3) is 5.91 Å². The maximum Gasteiger partial charge on any atom is 0.475 e.